The first-order valence-corrected chi connectivity index (χ1v) is 11.7. The van der Waals surface area contributed by atoms with E-state index in [4.69, 9.17) is 5.73 Å². The van der Waals surface area contributed by atoms with Gasteiger partial charge in [-0.1, -0.05) is 12.1 Å². The van der Waals surface area contributed by atoms with Gasteiger partial charge in [0.15, 0.2) is 5.65 Å². The number of ether oxygens (including phenoxy) is 1. The summed E-state index contributed by atoms with van der Waals surface area (Å²) in [5.74, 6) is -0.319. The number of alkyl halides is 3. The van der Waals surface area contributed by atoms with Crippen molar-refractivity contribution in [3.05, 3.63) is 63.2 Å². The SMILES string of the molecule is NC1CCC(n2c(=O)n(Cc3ccc(OC(F)(F)F)cc3)c3nc(Br)c4cccnc4c32)CC1. The van der Waals surface area contributed by atoms with Crippen molar-refractivity contribution in [3.63, 3.8) is 0 Å². The van der Waals surface area contributed by atoms with Gasteiger partial charge in [-0.15, -0.1) is 13.2 Å². The highest BCUT2D eigenvalue weighted by molar-refractivity contribution is 9.10. The molecular formula is C23H21BrF3N5O2. The lowest BCUT2D eigenvalue weighted by atomic mass is 9.91. The molecule has 1 aromatic carbocycles. The summed E-state index contributed by atoms with van der Waals surface area (Å²) < 4.78 is 45.3. The average molecular weight is 536 g/mol. The van der Waals surface area contributed by atoms with Crippen LogP contribution in [0.4, 0.5) is 13.2 Å². The average Bonchev–Trinajstić information content (AvgIpc) is 3.06. The fourth-order valence-corrected chi connectivity index (χ4v) is 5.11. The zero-order valence-corrected chi connectivity index (χ0v) is 19.5. The number of pyridine rings is 2. The van der Waals surface area contributed by atoms with Gasteiger partial charge in [-0.3, -0.25) is 14.1 Å². The first-order valence-electron chi connectivity index (χ1n) is 10.9. The molecule has 1 aliphatic rings. The van der Waals surface area contributed by atoms with Crippen LogP contribution in [-0.2, 0) is 6.54 Å². The van der Waals surface area contributed by atoms with Crippen LogP contribution in [0.3, 0.4) is 0 Å². The second-order valence-electron chi connectivity index (χ2n) is 8.47. The molecule has 178 valence electrons. The fraction of sp³-hybridized carbons (Fsp3) is 0.348. The minimum absolute atomic E-state index is 0.0354. The number of hydrogen-bond donors (Lipinski definition) is 1. The topological polar surface area (TPSA) is 88.0 Å². The smallest absolute Gasteiger partial charge is 0.406 e. The molecule has 1 saturated carbocycles. The monoisotopic (exact) mass is 535 g/mol. The van der Waals surface area contributed by atoms with E-state index in [-0.39, 0.29) is 30.1 Å². The van der Waals surface area contributed by atoms with Gasteiger partial charge >= 0.3 is 12.1 Å². The molecule has 0 saturated heterocycles. The maximum Gasteiger partial charge on any atom is 0.573 e. The summed E-state index contributed by atoms with van der Waals surface area (Å²) in [6, 6.07) is 9.26. The Hall–Kier alpha value is -2.92. The number of nitrogens with two attached hydrogens (primary N) is 1. The lowest BCUT2D eigenvalue weighted by molar-refractivity contribution is -0.274. The van der Waals surface area contributed by atoms with Crippen LogP contribution < -0.4 is 16.2 Å². The zero-order chi connectivity index (χ0) is 24.0. The van der Waals surface area contributed by atoms with E-state index in [0.29, 0.717) is 26.8 Å². The molecule has 5 rings (SSSR count). The molecule has 0 amide bonds. The Balaban J connectivity index is 1.63. The van der Waals surface area contributed by atoms with E-state index in [2.05, 4.69) is 30.6 Å². The lowest BCUT2D eigenvalue weighted by Crippen LogP contribution is -2.33. The molecule has 7 nitrogen and oxygen atoms in total. The third-order valence-corrected chi connectivity index (χ3v) is 6.81. The Labute approximate surface area is 200 Å². The summed E-state index contributed by atoms with van der Waals surface area (Å²) in [5, 5.41) is 0.794. The van der Waals surface area contributed by atoms with Crippen molar-refractivity contribution in [3.8, 4) is 5.75 Å². The van der Waals surface area contributed by atoms with Gasteiger partial charge < -0.3 is 10.5 Å². The van der Waals surface area contributed by atoms with E-state index in [9.17, 15) is 18.0 Å². The van der Waals surface area contributed by atoms with Crippen molar-refractivity contribution >= 4 is 38.0 Å². The molecule has 11 heteroatoms. The molecule has 0 spiro atoms. The minimum atomic E-state index is -4.77. The van der Waals surface area contributed by atoms with Crippen molar-refractivity contribution in [1.29, 1.82) is 0 Å². The molecule has 0 aliphatic heterocycles. The largest absolute Gasteiger partial charge is 0.573 e. The third kappa shape index (κ3) is 4.29. The van der Waals surface area contributed by atoms with Crippen LogP contribution >= 0.6 is 15.9 Å². The van der Waals surface area contributed by atoms with Gasteiger partial charge in [0.2, 0.25) is 0 Å². The van der Waals surface area contributed by atoms with Gasteiger partial charge in [-0.2, -0.15) is 0 Å². The highest BCUT2D eigenvalue weighted by atomic mass is 79.9. The Bertz CT molecular complexity index is 1410. The fourth-order valence-electron chi connectivity index (χ4n) is 4.62. The summed E-state index contributed by atoms with van der Waals surface area (Å²) in [4.78, 5) is 23.0. The molecule has 4 aromatic rings. The van der Waals surface area contributed by atoms with E-state index in [0.717, 1.165) is 31.1 Å². The van der Waals surface area contributed by atoms with E-state index >= 15 is 0 Å². The highest BCUT2D eigenvalue weighted by Gasteiger charge is 2.31. The van der Waals surface area contributed by atoms with Crippen LogP contribution in [0.2, 0.25) is 0 Å². The van der Waals surface area contributed by atoms with Crippen LogP contribution in [0.25, 0.3) is 22.1 Å². The molecule has 3 heterocycles. The van der Waals surface area contributed by atoms with Crippen LogP contribution in [0.5, 0.6) is 5.75 Å². The quantitative estimate of drug-likeness (QED) is 0.375. The van der Waals surface area contributed by atoms with Crippen LogP contribution in [-0.4, -0.2) is 31.5 Å². The van der Waals surface area contributed by atoms with Gasteiger partial charge in [-0.25, -0.2) is 9.78 Å². The zero-order valence-electron chi connectivity index (χ0n) is 17.9. The number of aromatic nitrogens is 4. The Morgan fingerprint density at radius 3 is 2.50 bits per heavy atom. The molecule has 1 aliphatic carbocycles. The minimum Gasteiger partial charge on any atom is -0.406 e. The number of imidazole rings is 1. The predicted octanol–water partition coefficient (Wildman–Crippen LogP) is 4.90. The third-order valence-electron chi connectivity index (χ3n) is 6.21. The molecule has 1 fully saturated rings. The molecule has 3 aromatic heterocycles. The summed E-state index contributed by atoms with van der Waals surface area (Å²) >= 11 is 3.50. The Kier molecular flexibility index (Phi) is 5.85. The number of nitrogens with zero attached hydrogens (tertiary/aromatic N) is 4. The first-order chi connectivity index (χ1) is 16.2. The van der Waals surface area contributed by atoms with E-state index < -0.39 is 6.36 Å². The van der Waals surface area contributed by atoms with Crippen LogP contribution in [0.1, 0.15) is 37.3 Å². The van der Waals surface area contributed by atoms with E-state index in [1.165, 1.54) is 24.3 Å². The molecule has 0 radical (unpaired) electrons. The molecule has 0 unspecified atom stereocenters. The second kappa shape index (κ2) is 8.70. The molecule has 2 N–H and O–H groups in total. The number of rotatable bonds is 4. The number of hydrogen-bond acceptors (Lipinski definition) is 5. The van der Waals surface area contributed by atoms with E-state index in [1.807, 2.05) is 12.1 Å². The standard InChI is InChI=1S/C23H21BrF3N5O2/c24-20-17-2-1-11-29-18(17)19-21(30-20)31(22(33)32(19)15-7-5-14(28)6-8-15)12-13-3-9-16(10-4-13)34-23(25,26)27/h1-4,9-11,14-15H,5-8,12,28H2. The van der Waals surface area contributed by atoms with Gasteiger partial charge in [0.1, 0.15) is 21.4 Å². The Morgan fingerprint density at radius 1 is 1.12 bits per heavy atom. The van der Waals surface area contributed by atoms with E-state index in [1.54, 1.807) is 15.3 Å². The summed E-state index contributed by atoms with van der Waals surface area (Å²) in [7, 11) is 0. The first kappa shape index (κ1) is 22.9. The molecular weight excluding hydrogens is 515 g/mol. The number of benzene rings is 1. The number of fused-ring (bicyclic) bond motifs is 3. The van der Waals surface area contributed by atoms with Gasteiger partial charge in [0.05, 0.1) is 6.54 Å². The van der Waals surface area contributed by atoms with Gasteiger partial charge in [0.25, 0.3) is 0 Å². The van der Waals surface area contributed by atoms with Gasteiger partial charge in [0, 0.05) is 23.7 Å². The normalized spacial score (nSPS) is 19.1. The van der Waals surface area contributed by atoms with Crippen molar-refractivity contribution in [2.75, 3.05) is 0 Å². The molecule has 34 heavy (non-hydrogen) atoms. The molecule has 0 bridgehead atoms. The van der Waals surface area contributed by atoms with Crippen molar-refractivity contribution in [1.82, 2.24) is 19.1 Å². The Morgan fingerprint density at radius 2 is 1.82 bits per heavy atom. The second-order valence-corrected chi connectivity index (χ2v) is 9.22. The predicted molar refractivity (Wildman–Crippen MR) is 125 cm³/mol. The summed E-state index contributed by atoms with van der Waals surface area (Å²) in [6.07, 6.45) is 0.0941. The lowest BCUT2D eigenvalue weighted by Gasteiger charge is -2.27. The summed E-state index contributed by atoms with van der Waals surface area (Å²) in [5.41, 5.74) is 8.28. The number of halogens is 4. The summed E-state index contributed by atoms with van der Waals surface area (Å²) in [6.45, 7) is 0.138. The van der Waals surface area contributed by atoms with Crippen LogP contribution in [0.15, 0.2) is 52.0 Å². The van der Waals surface area contributed by atoms with Crippen LogP contribution in [0, 0.1) is 0 Å². The van der Waals surface area contributed by atoms with Crippen molar-refractivity contribution in [2.24, 2.45) is 5.73 Å². The van der Waals surface area contributed by atoms with Gasteiger partial charge in [-0.05, 0) is 71.4 Å². The van der Waals surface area contributed by atoms with Crippen molar-refractivity contribution < 1.29 is 17.9 Å². The maximum absolute atomic E-state index is 13.7. The van der Waals surface area contributed by atoms with Crippen molar-refractivity contribution in [2.45, 2.75) is 50.7 Å². The molecule has 0 atom stereocenters. The maximum atomic E-state index is 13.7. The highest BCUT2D eigenvalue weighted by Crippen LogP contribution is 2.34.